The summed E-state index contributed by atoms with van der Waals surface area (Å²) < 4.78 is 23.9. The summed E-state index contributed by atoms with van der Waals surface area (Å²) >= 11 is 0. The van der Waals surface area contributed by atoms with Crippen LogP contribution in [0.15, 0.2) is 0 Å². The predicted octanol–water partition coefficient (Wildman–Crippen LogP) is 2.43. The Balaban J connectivity index is 4.44. The summed E-state index contributed by atoms with van der Waals surface area (Å²) in [6, 6.07) is 2.50. The van der Waals surface area contributed by atoms with Crippen LogP contribution >= 0.6 is 0 Å². The van der Waals surface area contributed by atoms with Crippen LogP contribution in [0, 0.1) is 0 Å². The van der Waals surface area contributed by atoms with E-state index in [1.54, 1.807) is 0 Å². The van der Waals surface area contributed by atoms with Gasteiger partial charge in [0.15, 0.2) is 0 Å². The van der Waals surface area contributed by atoms with Gasteiger partial charge in [-0.25, -0.2) is 0 Å². The van der Waals surface area contributed by atoms with Crippen molar-refractivity contribution in [3.05, 3.63) is 0 Å². The molecule has 0 rings (SSSR count). The lowest BCUT2D eigenvalue weighted by molar-refractivity contribution is -0.178. The molecule has 6 heteroatoms. The summed E-state index contributed by atoms with van der Waals surface area (Å²) in [5, 5.41) is 0. The van der Waals surface area contributed by atoms with Crippen molar-refractivity contribution in [2.75, 3.05) is 26.4 Å². The third-order valence-corrected chi connectivity index (χ3v) is 10.1. The van der Waals surface area contributed by atoms with Crippen LogP contribution in [0.3, 0.4) is 0 Å². The summed E-state index contributed by atoms with van der Waals surface area (Å²) in [7, 11) is -0.858. The fourth-order valence-corrected chi connectivity index (χ4v) is 8.15. The molecule has 0 aliphatic rings. The molecular weight excluding hydrogens is 312 g/mol. The number of hydrogen-bond acceptors (Lipinski definition) is 4. The Morgan fingerprint density at radius 1 is 0.545 bits per heavy atom. The van der Waals surface area contributed by atoms with Gasteiger partial charge in [-0.05, 0) is 40.5 Å². The van der Waals surface area contributed by atoms with Gasteiger partial charge in [0, 0.05) is 26.4 Å². The average molecular weight is 351 g/mol. The summed E-state index contributed by atoms with van der Waals surface area (Å²) in [6.45, 7) is 15.5. The molecular formula is C16H38O4Si2. The topological polar surface area (TPSA) is 36.9 Å². The van der Waals surface area contributed by atoms with Crippen LogP contribution in [0.5, 0.6) is 0 Å². The molecule has 0 amide bonds. The number of ether oxygens (including phenoxy) is 4. The average Bonchev–Trinajstić information content (AvgIpc) is 2.52. The van der Waals surface area contributed by atoms with E-state index < -0.39 is 19.0 Å². The minimum absolute atomic E-state index is 0.260. The molecule has 0 aromatic carbocycles. The van der Waals surface area contributed by atoms with E-state index in [0.717, 1.165) is 39.3 Å². The lowest BCUT2D eigenvalue weighted by Crippen LogP contribution is -2.44. The zero-order valence-corrected chi connectivity index (χ0v) is 18.5. The second kappa shape index (κ2) is 12.7. The molecule has 134 valence electrons. The first-order valence-electron chi connectivity index (χ1n) is 9.13. The van der Waals surface area contributed by atoms with Crippen LogP contribution in [0.1, 0.15) is 54.4 Å². The van der Waals surface area contributed by atoms with E-state index in [0.29, 0.717) is 0 Å². The molecule has 0 saturated carbocycles. The Morgan fingerprint density at radius 2 is 0.818 bits per heavy atom. The van der Waals surface area contributed by atoms with E-state index in [2.05, 4.69) is 41.5 Å². The Hall–Kier alpha value is 0.274. The third kappa shape index (κ3) is 7.70. The van der Waals surface area contributed by atoms with Crippen molar-refractivity contribution in [3.8, 4) is 0 Å². The van der Waals surface area contributed by atoms with Gasteiger partial charge in [0.25, 0.3) is 0 Å². The monoisotopic (exact) mass is 350 g/mol. The van der Waals surface area contributed by atoms with Crippen LogP contribution < -0.4 is 0 Å². The fraction of sp³-hybridized carbons (Fsp3) is 1.00. The van der Waals surface area contributed by atoms with Gasteiger partial charge in [-0.1, -0.05) is 25.9 Å². The largest absolute Gasteiger partial charge is 0.355 e. The molecule has 0 aromatic heterocycles. The third-order valence-electron chi connectivity index (χ3n) is 4.07. The van der Waals surface area contributed by atoms with Crippen molar-refractivity contribution in [1.29, 1.82) is 0 Å². The molecule has 0 radical (unpaired) electrons. The van der Waals surface area contributed by atoms with Gasteiger partial charge in [-0.3, -0.25) is 0 Å². The highest BCUT2D eigenvalue weighted by molar-refractivity contribution is 6.45. The van der Waals surface area contributed by atoms with Gasteiger partial charge >= 0.3 is 0 Å². The maximum Gasteiger partial charge on any atom is 0.144 e. The molecule has 0 heterocycles. The van der Waals surface area contributed by atoms with Crippen LogP contribution in [0.4, 0.5) is 0 Å². The van der Waals surface area contributed by atoms with Gasteiger partial charge in [-0.2, -0.15) is 0 Å². The smallest absolute Gasteiger partial charge is 0.144 e. The molecule has 0 unspecified atom stereocenters. The van der Waals surface area contributed by atoms with E-state index in [1.807, 2.05) is 0 Å². The normalized spacial score (nSPS) is 13.9. The molecule has 0 spiro atoms. The predicted molar refractivity (Wildman–Crippen MR) is 99.3 cm³/mol. The van der Waals surface area contributed by atoms with Crippen molar-refractivity contribution in [2.45, 2.75) is 77.3 Å². The van der Waals surface area contributed by atoms with E-state index >= 15 is 0 Å². The first kappa shape index (κ1) is 22.3. The molecule has 4 nitrogen and oxygen atoms in total. The Labute approximate surface area is 142 Å². The minimum Gasteiger partial charge on any atom is -0.355 e. The molecule has 0 bridgehead atoms. The molecule has 0 N–H and O–H groups in total. The molecule has 0 aromatic rings. The van der Waals surface area contributed by atoms with Gasteiger partial charge in [0.1, 0.15) is 10.8 Å². The first-order chi connectivity index (χ1) is 10.6. The van der Waals surface area contributed by atoms with Crippen LogP contribution in [-0.2, 0) is 18.9 Å². The summed E-state index contributed by atoms with van der Waals surface area (Å²) in [6.07, 6.45) is 1.91. The highest BCUT2D eigenvalue weighted by atomic mass is 28.2. The number of hydrogen-bond donors (Lipinski definition) is 0. The summed E-state index contributed by atoms with van der Waals surface area (Å²) in [5.74, 6) is 0. The van der Waals surface area contributed by atoms with Crippen molar-refractivity contribution >= 4 is 19.0 Å². The molecule has 0 aliphatic heterocycles. The summed E-state index contributed by atoms with van der Waals surface area (Å²) in [5.41, 5.74) is -0.520. The Kier molecular flexibility index (Phi) is 12.8. The SMILES string of the molecule is CCOC(CC)(OCC)[SiH2]CC[SiH2]C(CC)(OCC)OCC. The second-order valence-corrected chi connectivity index (χ2v) is 10.0. The Bertz CT molecular complexity index is 227. The lowest BCUT2D eigenvalue weighted by Gasteiger charge is -2.34. The van der Waals surface area contributed by atoms with Gasteiger partial charge < -0.3 is 18.9 Å². The molecule has 0 atom stereocenters. The maximum absolute atomic E-state index is 5.97. The summed E-state index contributed by atoms with van der Waals surface area (Å²) in [4.78, 5) is 0. The highest BCUT2D eigenvalue weighted by Crippen LogP contribution is 2.22. The van der Waals surface area contributed by atoms with Crippen molar-refractivity contribution in [2.24, 2.45) is 0 Å². The van der Waals surface area contributed by atoms with E-state index in [1.165, 1.54) is 12.1 Å². The van der Waals surface area contributed by atoms with Gasteiger partial charge in [0.2, 0.25) is 0 Å². The molecule has 22 heavy (non-hydrogen) atoms. The minimum atomic E-state index is -0.429. The fourth-order valence-electron chi connectivity index (χ4n) is 2.97. The second-order valence-electron chi connectivity index (χ2n) is 5.47. The lowest BCUT2D eigenvalue weighted by atomic mass is 10.4. The molecule has 0 saturated heterocycles. The molecule has 0 fully saturated rings. The van der Waals surface area contributed by atoms with Crippen molar-refractivity contribution in [3.63, 3.8) is 0 Å². The van der Waals surface area contributed by atoms with Gasteiger partial charge in [0.05, 0.1) is 19.0 Å². The Morgan fingerprint density at radius 3 is 1.00 bits per heavy atom. The zero-order valence-electron chi connectivity index (χ0n) is 15.7. The van der Waals surface area contributed by atoms with Crippen LogP contribution in [0.25, 0.3) is 0 Å². The quantitative estimate of drug-likeness (QED) is 0.258. The van der Waals surface area contributed by atoms with Crippen LogP contribution in [0.2, 0.25) is 12.1 Å². The standard InChI is InChI=1S/C16H38O4Si2/c1-7-15(17-9-3,18-10-4)21-13-14-22-16(8-2,19-11-5)20-12-6/h7-14,21-22H2,1-6H3. The van der Waals surface area contributed by atoms with Crippen LogP contribution in [-0.4, -0.2) is 56.3 Å². The number of rotatable bonds is 15. The maximum atomic E-state index is 5.97. The van der Waals surface area contributed by atoms with E-state index in [4.69, 9.17) is 18.9 Å². The van der Waals surface area contributed by atoms with Gasteiger partial charge in [-0.15, -0.1) is 0 Å². The van der Waals surface area contributed by atoms with E-state index in [9.17, 15) is 0 Å². The molecule has 0 aliphatic carbocycles. The van der Waals surface area contributed by atoms with Crippen molar-refractivity contribution in [1.82, 2.24) is 0 Å². The van der Waals surface area contributed by atoms with E-state index in [-0.39, 0.29) is 10.8 Å². The highest BCUT2D eigenvalue weighted by Gasteiger charge is 2.31. The zero-order chi connectivity index (χ0) is 16.9. The van der Waals surface area contributed by atoms with Crippen molar-refractivity contribution < 1.29 is 18.9 Å². The first-order valence-corrected chi connectivity index (χ1v) is 12.5.